The Morgan fingerprint density at radius 3 is 1.78 bits per heavy atom. The third-order valence-corrected chi connectivity index (χ3v) is 18.2. The van der Waals surface area contributed by atoms with Crippen LogP contribution in [0.5, 0.6) is 0 Å². The van der Waals surface area contributed by atoms with Crippen LogP contribution in [0.2, 0.25) is 0 Å². The maximum Gasteiger partial charge on any atom is 0.312 e. The normalized spacial score (nSPS) is 17.5. The molecule has 1 aliphatic heterocycles. The molecule has 0 spiro atoms. The lowest BCUT2D eigenvalue weighted by atomic mass is 9.83. The van der Waals surface area contributed by atoms with Crippen LogP contribution in [0, 0.1) is 47.3 Å². The second-order valence-electron chi connectivity index (χ2n) is 26.1. The summed E-state index contributed by atoms with van der Waals surface area (Å²) in [4.78, 5) is 141. The third kappa shape index (κ3) is 25.0. The van der Waals surface area contributed by atoms with E-state index in [1.54, 1.807) is 88.1 Å². The van der Waals surface area contributed by atoms with E-state index >= 15 is 0 Å². The highest BCUT2D eigenvalue weighted by atomic mass is 16.5. The Hall–Kier alpha value is -5.88. The molecule has 0 saturated carbocycles. The van der Waals surface area contributed by atoms with Crippen LogP contribution in [-0.2, 0) is 68.7 Å². The highest BCUT2D eigenvalue weighted by Crippen LogP contribution is 2.33. The number of anilines is 1. The van der Waals surface area contributed by atoms with Gasteiger partial charge in [-0.2, -0.15) is 0 Å². The number of carboxylic acid groups (broad SMARTS) is 1. The summed E-state index contributed by atoms with van der Waals surface area (Å²) in [6.45, 7) is 21.8. The van der Waals surface area contributed by atoms with E-state index in [1.807, 2.05) is 74.4 Å². The maximum atomic E-state index is 14.8. The van der Waals surface area contributed by atoms with Gasteiger partial charge in [-0.3, -0.25) is 48.1 Å². The van der Waals surface area contributed by atoms with Crippen molar-refractivity contribution in [2.45, 2.75) is 215 Å². The SMILES string of the molecule is CC[C@H](C)[C@@H]([C@@H](CC(=O)N1CCC[C@H]1[C@H](OC)[C@@H](C)C(=O)N(C)[C@@H]([C@@H](C)CC)[C@@H](CC(=O)COCc1ccc(NC(=O)[C@@H](CCCNC(N)=O)CC(=O)[C@H](NC(=O)CCCC(=O)O)C(C)C)cc1)OC)OC)N(C)C(=O)[C@@H](CC(=O)[C@H](C(C)C)N(C)C)C(C)C. The molecule has 13 atom stereocenters. The van der Waals surface area contributed by atoms with Gasteiger partial charge in [0.25, 0.3) is 0 Å². The number of methoxy groups -OCH3 is 3. The van der Waals surface area contributed by atoms with Crippen molar-refractivity contribution in [3.8, 4) is 0 Å². The molecule has 23 heteroatoms. The molecular weight excluding hydrogens is 1160 g/mol. The predicted octanol–water partition coefficient (Wildman–Crippen LogP) is 7.15. The molecule has 1 fully saturated rings. The third-order valence-electron chi connectivity index (χ3n) is 18.2. The molecular formula is C67H114N8O15. The van der Waals surface area contributed by atoms with Gasteiger partial charge >= 0.3 is 12.0 Å². The van der Waals surface area contributed by atoms with Crippen LogP contribution in [0.3, 0.4) is 0 Å². The summed E-state index contributed by atoms with van der Waals surface area (Å²) in [6.07, 6.45) is 0.839. The van der Waals surface area contributed by atoms with Crippen molar-refractivity contribution in [2.75, 3.05) is 74.5 Å². The summed E-state index contributed by atoms with van der Waals surface area (Å²) >= 11 is 0. The lowest BCUT2D eigenvalue weighted by molar-refractivity contribution is -0.152. The zero-order chi connectivity index (χ0) is 68.3. The van der Waals surface area contributed by atoms with Gasteiger partial charge in [-0.05, 0) is 93.5 Å². The van der Waals surface area contributed by atoms with Crippen molar-refractivity contribution in [1.82, 2.24) is 30.2 Å². The van der Waals surface area contributed by atoms with Gasteiger partial charge in [0.1, 0.15) is 6.61 Å². The van der Waals surface area contributed by atoms with Gasteiger partial charge < -0.3 is 60.4 Å². The number of likely N-dealkylation sites (tertiary alicyclic amines) is 1. The van der Waals surface area contributed by atoms with E-state index in [2.05, 4.69) is 16.0 Å². The van der Waals surface area contributed by atoms with Crippen molar-refractivity contribution in [3.63, 3.8) is 0 Å². The first-order valence-corrected chi connectivity index (χ1v) is 32.5. The zero-order valence-electron chi connectivity index (χ0n) is 57.6. The first kappa shape index (κ1) is 80.2. The monoisotopic (exact) mass is 1270 g/mol. The first-order valence-electron chi connectivity index (χ1n) is 32.5. The van der Waals surface area contributed by atoms with Crippen LogP contribution in [0.15, 0.2) is 24.3 Å². The number of nitrogens with zero attached hydrogens (tertiary/aromatic N) is 4. The van der Waals surface area contributed by atoms with Gasteiger partial charge in [0, 0.05) is 98.1 Å². The van der Waals surface area contributed by atoms with E-state index < -0.39 is 84.0 Å². The number of aliphatic carboxylic acids is 1. The Balaban J connectivity index is 2.21. The van der Waals surface area contributed by atoms with E-state index in [4.69, 9.17) is 29.8 Å². The topological polar surface area (TPSA) is 303 Å². The molecule has 1 aromatic carbocycles. The summed E-state index contributed by atoms with van der Waals surface area (Å²) in [7, 11) is 11.8. The number of carbonyl (C=O) groups excluding carboxylic acids is 9. The minimum absolute atomic E-state index is 0.0171. The lowest BCUT2D eigenvalue weighted by Crippen LogP contribution is -2.56. The molecule has 1 aliphatic rings. The minimum Gasteiger partial charge on any atom is -0.481 e. The number of rotatable bonds is 44. The van der Waals surface area contributed by atoms with Gasteiger partial charge in [-0.25, -0.2) is 4.79 Å². The Bertz CT molecular complexity index is 2450. The van der Waals surface area contributed by atoms with Crippen molar-refractivity contribution in [1.29, 1.82) is 0 Å². The fraction of sp³-hybridized carbons (Fsp3) is 0.761. The summed E-state index contributed by atoms with van der Waals surface area (Å²) in [5.41, 5.74) is 6.36. The molecule has 512 valence electrons. The van der Waals surface area contributed by atoms with Crippen LogP contribution < -0.4 is 21.7 Å². The number of hydrogen-bond acceptors (Lipinski definition) is 15. The molecule has 0 radical (unpaired) electrons. The molecule has 1 heterocycles. The molecule has 0 aliphatic carbocycles. The fourth-order valence-electron chi connectivity index (χ4n) is 12.8. The molecule has 23 nitrogen and oxygen atoms in total. The second kappa shape index (κ2) is 40.2. The van der Waals surface area contributed by atoms with Crippen molar-refractivity contribution in [3.05, 3.63) is 29.8 Å². The van der Waals surface area contributed by atoms with E-state index in [9.17, 15) is 47.9 Å². The Kier molecular flexibility index (Phi) is 35.8. The average molecular weight is 1270 g/mol. The van der Waals surface area contributed by atoms with Gasteiger partial charge in [0.05, 0.1) is 67.5 Å². The number of hydrogen-bond donors (Lipinski definition) is 5. The smallest absolute Gasteiger partial charge is 0.312 e. The average Bonchev–Trinajstić information content (AvgIpc) is 1.65. The number of nitrogens with two attached hydrogens (primary N) is 1. The van der Waals surface area contributed by atoms with Crippen LogP contribution in [-0.4, -0.2) is 201 Å². The number of Topliss-reactive ketones (excluding diaryl/α,β-unsaturated/α-hetero) is 3. The molecule has 90 heavy (non-hydrogen) atoms. The first-order chi connectivity index (χ1) is 42.3. The number of urea groups is 1. The summed E-state index contributed by atoms with van der Waals surface area (Å²) in [5, 5.41) is 17.0. The summed E-state index contributed by atoms with van der Waals surface area (Å²) in [6, 6.07) is 3.37. The molecule has 0 aromatic heterocycles. The number of ether oxygens (including phenoxy) is 4. The zero-order valence-corrected chi connectivity index (χ0v) is 57.6. The number of amides is 7. The van der Waals surface area contributed by atoms with E-state index in [-0.39, 0.29) is 142 Å². The largest absolute Gasteiger partial charge is 0.481 e. The fourth-order valence-corrected chi connectivity index (χ4v) is 12.8. The van der Waals surface area contributed by atoms with Crippen LogP contribution in [0.25, 0.3) is 0 Å². The van der Waals surface area contributed by atoms with E-state index in [0.717, 1.165) is 0 Å². The molecule has 0 unspecified atom stereocenters. The van der Waals surface area contributed by atoms with Crippen molar-refractivity contribution >= 4 is 64.6 Å². The molecule has 0 bridgehead atoms. The molecule has 7 amide bonds. The van der Waals surface area contributed by atoms with Crippen molar-refractivity contribution < 1.29 is 72.0 Å². The summed E-state index contributed by atoms with van der Waals surface area (Å²) in [5.74, 6) is -5.77. The van der Waals surface area contributed by atoms with E-state index in [0.29, 0.717) is 49.9 Å². The number of benzene rings is 1. The van der Waals surface area contributed by atoms with Gasteiger partial charge in [-0.1, -0.05) is 101 Å². The molecule has 6 N–H and O–H groups in total. The predicted molar refractivity (Wildman–Crippen MR) is 346 cm³/mol. The number of nitrogens with one attached hydrogen (secondary N) is 3. The Morgan fingerprint density at radius 2 is 1.28 bits per heavy atom. The molecule has 2 rings (SSSR count). The molecule has 1 saturated heterocycles. The summed E-state index contributed by atoms with van der Waals surface area (Å²) < 4.78 is 24.2. The van der Waals surface area contributed by atoms with E-state index in [1.165, 1.54) is 7.11 Å². The Morgan fingerprint density at radius 1 is 0.700 bits per heavy atom. The van der Waals surface area contributed by atoms with Crippen LogP contribution >= 0.6 is 0 Å². The van der Waals surface area contributed by atoms with Gasteiger partial charge in [0.2, 0.25) is 29.5 Å². The standard InChI is InChI=1S/C67H114N8O15/c1-19-43(9)61(54(87-16)35-49(76)39-90-38-46-28-30-48(31-29-46)70-64(83)47(24-22-32-69-67(68)86)34-52(77)59(41(5)6)71-56(79)26-21-27-58(81)82)73(14)65(84)45(11)63(89-18)51-25-23-33-75(51)57(80)37-55(88-17)62(44(10)20-2)74(15)66(85)50(40(3)4)36-53(78)60(42(7)8)72(12)13/h28-31,40-45,47,50-51,54-55,59-63H,19-27,32-39H2,1-18H3,(H,70,83)(H,71,79)(H,81,82)(H3,68,69,86)/t43-,44-,45+,47-,50-,51-,54+,55+,59+,60-,61-,62-,63+/m0/s1. The quantitative estimate of drug-likeness (QED) is 0.0405. The van der Waals surface area contributed by atoms with Crippen LogP contribution in [0.4, 0.5) is 10.5 Å². The second-order valence-corrected chi connectivity index (χ2v) is 26.1. The number of carbonyl (C=O) groups is 10. The van der Waals surface area contributed by atoms with Gasteiger partial charge in [0.15, 0.2) is 17.3 Å². The lowest BCUT2D eigenvalue weighted by Gasteiger charge is -2.42. The highest BCUT2D eigenvalue weighted by molar-refractivity contribution is 5.97. The van der Waals surface area contributed by atoms with Gasteiger partial charge in [-0.15, -0.1) is 0 Å². The number of carboxylic acids is 1. The number of likely N-dealkylation sites (N-methyl/N-ethyl adjacent to an activating group) is 3. The number of primary amides is 1. The molecule has 1 aromatic rings. The number of ketones is 3. The Labute approximate surface area is 537 Å². The maximum absolute atomic E-state index is 14.8. The van der Waals surface area contributed by atoms with Crippen molar-refractivity contribution in [2.24, 2.45) is 53.1 Å². The van der Waals surface area contributed by atoms with Crippen LogP contribution in [0.1, 0.15) is 165 Å². The minimum atomic E-state index is -1.03. The highest BCUT2D eigenvalue weighted by Gasteiger charge is 2.45.